The van der Waals surface area contributed by atoms with Gasteiger partial charge in [-0.1, -0.05) is 18.2 Å². The molecule has 1 amide bonds. The molecular weight excluding hydrogens is 618 g/mol. The van der Waals surface area contributed by atoms with E-state index in [1.807, 2.05) is 24.3 Å². The number of nitrogens with one attached hydrogen (secondary N) is 1. The van der Waals surface area contributed by atoms with Gasteiger partial charge in [-0.3, -0.25) is 9.52 Å². The number of amides is 1. The molecule has 14 heteroatoms. The number of anilines is 3. The van der Waals surface area contributed by atoms with E-state index < -0.39 is 32.5 Å². The lowest BCUT2D eigenvalue weighted by Gasteiger charge is -2.29. The van der Waals surface area contributed by atoms with Crippen LogP contribution in [0.5, 0.6) is 5.88 Å². The highest BCUT2D eigenvalue weighted by Gasteiger charge is 2.24. The molecule has 0 atom stereocenters. The summed E-state index contributed by atoms with van der Waals surface area (Å²) in [6, 6.07) is 16.2. The van der Waals surface area contributed by atoms with Gasteiger partial charge < -0.3 is 25.8 Å². The molecule has 5 aromatic rings. The zero-order valence-corrected chi connectivity index (χ0v) is 25.3. The van der Waals surface area contributed by atoms with E-state index in [9.17, 15) is 22.0 Å². The number of sulfonamides is 1. The minimum absolute atomic E-state index is 0.0919. The predicted molar refractivity (Wildman–Crippen MR) is 170 cm³/mol. The van der Waals surface area contributed by atoms with Crippen LogP contribution in [0.25, 0.3) is 33.2 Å². The van der Waals surface area contributed by atoms with Crippen LogP contribution >= 0.6 is 0 Å². The summed E-state index contributed by atoms with van der Waals surface area (Å²) in [5.41, 5.74) is 15.8. The molecule has 5 N–H and O–H groups in total. The second kappa shape index (κ2) is 12.2. The van der Waals surface area contributed by atoms with E-state index in [0.29, 0.717) is 52.4 Å². The highest BCUT2D eigenvalue weighted by molar-refractivity contribution is 7.92. The summed E-state index contributed by atoms with van der Waals surface area (Å²) in [5.74, 6) is -2.86. The van der Waals surface area contributed by atoms with Gasteiger partial charge in [0.15, 0.2) is 0 Å². The molecule has 0 radical (unpaired) electrons. The molecule has 2 aromatic heterocycles. The zero-order valence-electron chi connectivity index (χ0n) is 24.5. The van der Waals surface area contributed by atoms with Crippen molar-refractivity contribution in [2.75, 3.05) is 48.8 Å². The lowest BCUT2D eigenvalue weighted by molar-refractivity contribution is 0.100. The van der Waals surface area contributed by atoms with Crippen LogP contribution < -0.4 is 25.8 Å². The van der Waals surface area contributed by atoms with Crippen LogP contribution in [0.15, 0.2) is 77.8 Å². The molecular formula is C32H28F2N6O5S. The van der Waals surface area contributed by atoms with Crippen LogP contribution in [0.4, 0.5) is 26.0 Å². The number of hydrogen-bond acceptors (Lipinski definition) is 9. The van der Waals surface area contributed by atoms with Gasteiger partial charge >= 0.3 is 0 Å². The Labute approximate surface area is 262 Å². The van der Waals surface area contributed by atoms with Crippen molar-refractivity contribution in [1.82, 2.24) is 9.97 Å². The van der Waals surface area contributed by atoms with Crippen LogP contribution in [-0.4, -0.2) is 57.7 Å². The number of carbonyl (C=O) groups is 1. The number of halogens is 2. The van der Waals surface area contributed by atoms with Gasteiger partial charge in [0.05, 0.1) is 31.4 Å². The number of rotatable bonds is 8. The third-order valence-electron chi connectivity index (χ3n) is 7.60. The predicted octanol–water partition coefficient (Wildman–Crippen LogP) is 4.57. The molecule has 0 spiro atoms. The van der Waals surface area contributed by atoms with Gasteiger partial charge in [0.25, 0.3) is 10.0 Å². The molecule has 0 saturated carbocycles. The summed E-state index contributed by atoms with van der Waals surface area (Å²) in [5, 5.41) is 0.415. The van der Waals surface area contributed by atoms with Crippen molar-refractivity contribution >= 4 is 44.0 Å². The Morgan fingerprint density at radius 2 is 1.70 bits per heavy atom. The Morgan fingerprint density at radius 3 is 2.37 bits per heavy atom. The number of ether oxygens (including phenoxy) is 2. The number of benzene rings is 3. The zero-order chi connectivity index (χ0) is 32.6. The number of nitrogens with two attached hydrogens (primary N) is 2. The molecule has 3 heterocycles. The Bertz CT molecular complexity index is 2090. The normalized spacial score (nSPS) is 13.5. The second-order valence-electron chi connectivity index (χ2n) is 10.5. The Hall–Kier alpha value is -5.34. The van der Waals surface area contributed by atoms with Crippen molar-refractivity contribution in [1.29, 1.82) is 0 Å². The number of hydrogen-bond donors (Lipinski definition) is 3. The molecule has 11 nitrogen and oxygen atoms in total. The van der Waals surface area contributed by atoms with E-state index in [-0.39, 0.29) is 22.9 Å². The molecule has 0 unspecified atom stereocenters. The summed E-state index contributed by atoms with van der Waals surface area (Å²) in [7, 11) is -3.21. The molecule has 0 bridgehead atoms. The first-order valence-corrected chi connectivity index (χ1v) is 15.5. The average Bonchev–Trinajstić information content (AvgIpc) is 3.04. The molecule has 46 heavy (non-hydrogen) atoms. The van der Waals surface area contributed by atoms with Gasteiger partial charge in [-0.2, -0.15) is 0 Å². The topological polar surface area (TPSA) is 163 Å². The summed E-state index contributed by atoms with van der Waals surface area (Å²) < 4.78 is 66.7. The van der Waals surface area contributed by atoms with Gasteiger partial charge in [-0.25, -0.2) is 27.2 Å². The van der Waals surface area contributed by atoms with Crippen molar-refractivity contribution in [3.8, 4) is 28.1 Å². The number of carbonyl (C=O) groups excluding carboxylic acids is 1. The number of nitrogen functional groups attached to an aromatic ring is 1. The van der Waals surface area contributed by atoms with Gasteiger partial charge in [0, 0.05) is 47.6 Å². The standard InChI is InChI=1S/C32H28F2N6O5S/c1-44-32-26(39-46(42,43)27-9-5-21(33)16-24(27)34)15-20(17-37-32)19-4-8-25-23(14-19)29(31(36)41)28(30(35)38-25)18-2-6-22(7-3-18)40-10-12-45-13-11-40/h2-9,14-17,39H,10-13H2,1H3,(H2,35,38)(H2,36,41). The maximum absolute atomic E-state index is 14.4. The third kappa shape index (κ3) is 5.87. The summed E-state index contributed by atoms with van der Waals surface area (Å²) in [6.45, 7) is 2.81. The number of primary amides is 1. The van der Waals surface area contributed by atoms with Crippen molar-refractivity contribution in [2.45, 2.75) is 4.90 Å². The Kier molecular flexibility index (Phi) is 8.15. The molecule has 1 saturated heterocycles. The first-order chi connectivity index (χ1) is 22.1. The van der Waals surface area contributed by atoms with E-state index in [1.54, 1.807) is 18.2 Å². The minimum Gasteiger partial charge on any atom is -0.480 e. The summed E-state index contributed by atoms with van der Waals surface area (Å²) in [6.07, 6.45) is 1.44. The van der Waals surface area contributed by atoms with Gasteiger partial charge in [-0.15, -0.1) is 0 Å². The fourth-order valence-corrected chi connectivity index (χ4v) is 6.52. The quantitative estimate of drug-likeness (QED) is 0.219. The number of methoxy groups -OCH3 is 1. The molecule has 3 aromatic carbocycles. The van der Waals surface area contributed by atoms with Gasteiger partial charge in [-0.05, 0) is 53.6 Å². The van der Waals surface area contributed by atoms with Crippen LogP contribution in [0.2, 0.25) is 0 Å². The fraction of sp³-hybridized carbons (Fsp3) is 0.156. The van der Waals surface area contributed by atoms with Gasteiger partial charge in [0.2, 0.25) is 11.8 Å². The SMILES string of the molecule is COc1ncc(-c2ccc3nc(N)c(-c4ccc(N5CCOCC5)cc4)c(C(N)=O)c3c2)cc1NS(=O)(=O)c1ccc(F)cc1F. The molecule has 1 fully saturated rings. The number of aromatic nitrogens is 2. The molecule has 0 aliphatic carbocycles. The van der Waals surface area contributed by atoms with E-state index in [2.05, 4.69) is 19.6 Å². The molecule has 236 valence electrons. The first kappa shape index (κ1) is 30.7. The molecule has 6 rings (SSSR count). The number of morpholine rings is 1. The monoisotopic (exact) mass is 646 g/mol. The smallest absolute Gasteiger partial charge is 0.264 e. The van der Waals surface area contributed by atoms with Crippen molar-refractivity contribution in [2.24, 2.45) is 5.73 Å². The maximum Gasteiger partial charge on any atom is 0.264 e. The average molecular weight is 647 g/mol. The third-order valence-corrected chi connectivity index (χ3v) is 9.00. The van der Waals surface area contributed by atoms with Crippen molar-refractivity contribution in [3.63, 3.8) is 0 Å². The van der Waals surface area contributed by atoms with Crippen LogP contribution in [-0.2, 0) is 14.8 Å². The minimum atomic E-state index is -4.50. The van der Waals surface area contributed by atoms with Gasteiger partial charge in [0.1, 0.15) is 28.0 Å². The Balaban J connectivity index is 1.41. The summed E-state index contributed by atoms with van der Waals surface area (Å²) in [4.78, 5) is 23.1. The van der Waals surface area contributed by atoms with Crippen molar-refractivity contribution < 1.29 is 31.5 Å². The van der Waals surface area contributed by atoms with E-state index in [1.165, 1.54) is 19.4 Å². The number of pyridine rings is 2. The summed E-state index contributed by atoms with van der Waals surface area (Å²) >= 11 is 0. The van der Waals surface area contributed by atoms with E-state index in [4.69, 9.17) is 20.9 Å². The van der Waals surface area contributed by atoms with E-state index in [0.717, 1.165) is 30.9 Å². The fourth-order valence-electron chi connectivity index (χ4n) is 5.41. The second-order valence-corrected chi connectivity index (χ2v) is 12.1. The number of fused-ring (bicyclic) bond motifs is 1. The molecule has 1 aliphatic rings. The Morgan fingerprint density at radius 1 is 0.978 bits per heavy atom. The van der Waals surface area contributed by atoms with Crippen LogP contribution in [0, 0.1) is 11.6 Å². The van der Waals surface area contributed by atoms with E-state index >= 15 is 0 Å². The maximum atomic E-state index is 14.4. The largest absolute Gasteiger partial charge is 0.480 e. The first-order valence-electron chi connectivity index (χ1n) is 14.0. The van der Waals surface area contributed by atoms with Crippen LogP contribution in [0.1, 0.15) is 10.4 Å². The highest BCUT2D eigenvalue weighted by atomic mass is 32.2. The molecule has 1 aliphatic heterocycles. The van der Waals surface area contributed by atoms with Crippen LogP contribution in [0.3, 0.4) is 0 Å². The highest BCUT2D eigenvalue weighted by Crippen LogP contribution is 2.37. The number of nitrogens with zero attached hydrogens (tertiary/aromatic N) is 3. The van der Waals surface area contributed by atoms with Crippen molar-refractivity contribution in [3.05, 3.63) is 90.1 Å². The lowest BCUT2D eigenvalue weighted by atomic mass is 9.94. The lowest BCUT2D eigenvalue weighted by Crippen LogP contribution is -2.36.